The van der Waals surface area contributed by atoms with Gasteiger partial charge in [-0.3, -0.25) is 4.57 Å². The van der Waals surface area contributed by atoms with E-state index in [4.69, 9.17) is 39.2 Å². The summed E-state index contributed by atoms with van der Waals surface area (Å²) in [6.07, 6.45) is 3.17. The van der Waals surface area contributed by atoms with Crippen LogP contribution in [-0.2, 0) is 0 Å². The Morgan fingerprint density at radius 3 is 2.31 bits per heavy atom. The highest BCUT2D eigenvalue weighted by Crippen LogP contribution is 2.33. The minimum Gasteiger partial charge on any atom is -0.493 e. The molecule has 12 heteroatoms. The zero-order valence-corrected chi connectivity index (χ0v) is 19.7. The summed E-state index contributed by atoms with van der Waals surface area (Å²) in [4.78, 5) is 3.49. The maximum atomic E-state index is 9.59. The van der Waals surface area contributed by atoms with Gasteiger partial charge in [0.05, 0.1) is 15.7 Å². The van der Waals surface area contributed by atoms with Gasteiger partial charge < -0.3 is 14.6 Å². The van der Waals surface area contributed by atoms with Crippen molar-refractivity contribution in [3.05, 3.63) is 81.4 Å². The third kappa shape index (κ3) is 4.69. The second-order valence-electron chi connectivity index (χ2n) is 7.14. The van der Waals surface area contributed by atoms with Crippen molar-refractivity contribution in [1.82, 2.24) is 29.9 Å². The number of nitrogens with zero attached hydrogens (tertiary/aromatic N) is 6. The standard InChI is InChI=1S/C23H13Cl3N6O3/c24-13-5-6-14(16(26)11-13)22-30-28-18(32(22)17-4-2-1-3-15(17)25)7-8-21-29-31-23(35-21)12-9-19(33)27-20(34)10-12/h1-11H,(H2,27,33,34)/b8-7+. The summed E-state index contributed by atoms with van der Waals surface area (Å²) in [5.41, 5.74) is 1.55. The molecule has 0 aliphatic carbocycles. The SMILES string of the molecule is Oc1cc(-c2nnc(/C=C/c3nnc(-c4ccc(Cl)cc4Cl)n3-c3ccccc3Cl)o2)cc(O)n1. The highest BCUT2D eigenvalue weighted by Gasteiger charge is 2.19. The van der Waals surface area contributed by atoms with E-state index in [2.05, 4.69) is 25.4 Å². The van der Waals surface area contributed by atoms with Crippen LogP contribution in [0.1, 0.15) is 11.7 Å². The first-order chi connectivity index (χ1) is 16.9. The first kappa shape index (κ1) is 22.9. The van der Waals surface area contributed by atoms with Crippen LogP contribution in [0.2, 0.25) is 15.1 Å². The summed E-state index contributed by atoms with van der Waals surface area (Å²) in [7, 11) is 0. The van der Waals surface area contributed by atoms with Crippen LogP contribution in [0.4, 0.5) is 0 Å². The van der Waals surface area contributed by atoms with Crippen molar-refractivity contribution in [1.29, 1.82) is 0 Å². The van der Waals surface area contributed by atoms with E-state index < -0.39 is 0 Å². The number of halogens is 3. The minimum atomic E-state index is -0.378. The summed E-state index contributed by atoms with van der Waals surface area (Å²) < 4.78 is 7.36. The van der Waals surface area contributed by atoms with Gasteiger partial charge >= 0.3 is 0 Å². The van der Waals surface area contributed by atoms with Crippen molar-refractivity contribution in [3.63, 3.8) is 0 Å². The van der Waals surface area contributed by atoms with E-state index in [9.17, 15) is 10.2 Å². The maximum absolute atomic E-state index is 9.59. The van der Waals surface area contributed by atoms with E-state index in [1.807, 2.05) is 18.2 Å². The number of hydrogen-bond acceptors (Lipinski definition) is 8. The van der Waals surface area contributed by atoms with Crippen LogP contribution in [0, 0.1) is 0 Å². The maximum Gasteiger partial charge on any atom is 0.248 e. The van der Waals surface area contributed by atoms with Gasteiger partial charge in [0.2, 0.25) is 23.5 Å². The van der Waals surface area contributed by atoms with E-state index in [0.717, 1.165) is 0 Å². The number of rotatable bonds is 5. The molecule has 5 rings (SSSR count). The molecule has 0 unspecified atom stereocenters. The molecule has 3 aromatic heterocycles. The van der Waals surface area contributed by atoms with Gasteiger partial charge in [0.15, 0.2) is 11.6 Å². The Morgan fingerprint density at radius 1 is 0.800 bits per heavy atom. The number of hydrogen-bond donors (Lipinski definition) is 2. The van der Waals surface area contributed by atoms with Crippen molar-refractivity contribution in [2.24, 2.45) is 0 Å². The van der Waals surface area contributed by atoms with Gasteiger partial charge in [-0.2, -0.15) is 4.98 Å². The molecule has 3 heterocycles. The average molecular weight is 528 g/mol. The van der Waals surface area contributed by atoms with E-state index in [1.54, 1.807) is 41.0 Å². The van der Waals surface area contributed by atoms with Crippen molar-refractivity contribution in [2.45, 2.75) is 0 Å². The van der Waals surface area contributed by atoms with Gasteiger partial charge in [0.25, 0.3) is 0 Å². The lowest BCUT2D eigenvalue weighted by Crippen LogP contribution is -2.01. The first-order valence-electron chi connectivity index (χ1n) is 9.97. The highest BCUT2D eigenvalue weighted by molar-refractivity contribution is 6.36. The molecule has 35 heavy (non-hydrogen) atoms. The molecule has 0 saturated carbocycles. The first-order valence-corrected chi connectivity index (χ1v) is 11.1. The number of pyridine rings is 1. The Bertz CT molecular complexity index is 1560. The van der Waals surface area contributed by atoms with Gasteiger partial charge in [0.1, 0.15) is 0 Å². The number of benzene rings is 2. The van der Waals surface area contributed by atoms with Crippen molar-refractivity contribution >= 4 is 47.0 Å². The molecule has 0 spiro atoms. The van der Waals surface area contributed by atoms with Crippen LogP contribution in [-0.4, -0.2) is 40.2 Å². The molecule has 0 fully saturated rings. The molecule has 0 aliphatic heterocycles. The molecule has 2 N–H and O–H groups in total. The topological polar surface area (TPSA) is 123 Å². The summed E-state index contributed by atoms with van der Waals surface area (Å²) in [5, 5.41) is 37.1. The van der Waals surface area contributed by atoms with Gasteiger partial charge in [0, 0.05) is 34.4 Å². The fraction of sp³-hybridized carbons (Fsp3) is 0. The second kappa shape index (κ2) is 9.38. The third-order valence-corrected chi connectivity index (χ3v) is 5.68. The summed E-state index contributed by atoms with van der Waals surface area (Å²) in [5.74, 6) is 0.342. The molecule has 174 valence electrons. The lowest BCUT2D eigenvalue weighted by Gasteiger charge is -2.11. The molecule has 0 atom stereocenters. The van der Waals surface area contributed by atoms with Crippen LogP contribution in [0.15, 0.2) is 59.0 Å². The zero-order chi connectivity index (χ0) is 24.5. The van der Waals surface area contributed by atoms with Gasteiger partial charge in [-0.05, 0) is 36.4 Å². The Kier molecular flexibility index (Phi) is 6.12. The molecule has 0 radical (unpaired) electrons. The second-order valence-corrected chi connectivity index (χ2v) is 8.39. The van der Waals surface area contributed by atoms with E-state index in [-0.39, 0.29) is 23.5 Å². The Morgan fingerprint density at radius 2 is 1.57 bits per heavy atom. The molecular formula is C23H13Cl3N6O3. The van der Waals surface area contributed by atoms with Crippen molar-refractivity contribution in [3.8, 4) is 40.3 Å². The van der Waals surface area contributed by atoms with Crippen LogP contribution in [0.3, 0.4) is 0 Å². The third-order valence-electron chi connectivity index (χ3n) is 4.81. The Balaban J connectivity index is 1.56. The van der Waals surface area contributed by atoms with Crippen LogP contribution in [0.5, 0.6) is 11.8 Å². The molecule has 5 aromatic rings. The number of para-hydroxylation sites is 1. The molecule has 9 nitrogen and oxygen atoms in total. The monoisotopic (exact) mass is 526 g/mol. The number of aromatic hydroxyl groups is 2. The predicted octanol–water partition coefficient (Wildman–Crippen LogP) is 5.92. The number of aromatic nitrogens is 6. The minimum absolute atomic E-state index is 0.0823. The van der Waals surface area contributed by atoms with Gasteiger partial charge in [-0.1, -0.05) is 46.9 Å². The largest absolute Gasteiger partial charge is 0.493 e. The fourth-order valence-corrected chi connectivity index (χ4v) is 4.02. The summed E-state index contributed by atoms with van der Waals surface area (Å²) in [6, 6.07) is 14.9. The summed E-state index contributed by atoms with van der Waals surface area (Å²) >= 11 is 19.0. The van der Waals surface area contributed by atoms with E-state index in [1.165, 1.54) is 12.1 Å². The van der Waals surface area contributed by atoms with Crippen LogP contribution in [0.25, 0.3) is 40.7 Å². The average Bonchev–Trinajstić information content (AvgIpc) is 3.45. The van der Waals surface area contributed by atoms with Gasteiger partial charge in [-0.25, -0.2) is 0 Å². The quantitative estimate of drug-likeness (QED) is 0.289. The van der Waals surface area contributed by atoms with Crippen molar-refractivity contribution in [2.75, 3.05) is 0 Å². The highest BCUT2D eigenvalue weighted by atomic mass is 35.5. The van der Waals surface area contributed by atoms with Gasteiger partial charge in [-0.15, -0.1) is 20.4 Å². The summed E-state index contributed by atoms with van der Waals surface area (Å²) in [6.45, 7) is 0. The molecule has 0 bridgehead atoms. The lowest BCUT2D eigenvalue weighted by atomic mass is 10.2. The normalized spacial score (nSPS) is 11.4. The van der Waals surface area contributed by atoms with Crippen LogP contribution >= 0.6 is 34.8 Å². The van der Waals surface area contributed by atoms with Crippen LogP contribution < -0.4 is 0 Å². The van der Waals surface area contributed by atoms with E-state index in [0.29, 0.717) is 43.5 Å². The molecule has 0 amide bonds. The lowest BCUT2D eigenvalue weighted by molar-refractivity contribution is 0.413. The van der Waals surface area contributed by atoms with E-state index >= 15 is 0 Å². The Hall–Kier alpha value is -3.92. The zero-order valence-electron chi connectivity index (χ0n) is 17.5. The fourth-order valence-electron chi connectivity index (χ4n) is 3.31. The molecular weight excluding hydrogens is 515 g/mol. The Labute approximate surface area is 212 Å². The smallest absolute Gasteiger partial charge is 0.248 e. The molecule has 2 aromatic carbocycles. The molecule has 0 aliphatic rings. The van der Waals surface area contributed by atoms with Crippen molar-refractivity contribution < 1.29 is 14.6 Å². The molecule has 0 saturated heterocycles. The predicted molar refractivity (Wildman–Crippen MR) is 132 cm³/mol.